The highest BCUT2D eigenvalue weighted by molar-refractivity contribution is 7.99. The van der Waals surface area contributed by atoms with Crippen LogP contribution in [-0.2, 0) is 10.0 Å². The minimum atomic E-state index is -3.87. The van der Waals surface area contributed by atoms with E-state index in [0.29, 0.717) is 16.9 Å². The first kappa shape index (κ1) is 23.0. The molecule has 2 heterocycles. The lowest BCUT2D eigenvalue weighted by atomic mass is 10.1. The number of hydrogen-bond donors (Lipinski definition) is 3. The van der Waals surface area contributed by atoms with Crippen LogP contribution < -0.4 is 15.8 Å². The second kappa shape index (κ2) is 9.73. The van der Waals surface area contributed by atoms with Gasteiger partial charge in [0.1, 0.15) is 0 Å². The molecule has 4 N–H and O–H groups in total. The van der Waals surface area contributed by atoms with E-state index in [2.05, 4.69) is 20.6 Å². The molecule has 0 unspecified atom stereocenters. The van der Waals surface area contributed by atoms with Crippen LogP contribution in [0.2, 0.25) is 0 Å². The number of thioether (sulfide) groups is 1. The Labute approximate surface area is 194 Å². The van der Waals surface area contributed by atoms with Crippen molar-refractivity contribution in [3.63, 3.8) is 0 Å². The average molecular weight is 489 g/mol. The summed E-state index contributed by atoms with van der Waals surface area (Å²) in [5.41, 5.74) is 1.48. The molecule has 1 aliphatic heterocycles. The van der Waals surface area contributed by atoms with Gasteiger partial charge in [0.25, 0.3) is 5.91 Å². The van der Waals surface area contributed by atoms with E-state index >= 15 is 0 Å². The van der Waals surface area contributed by atoms with Gasteiger partial charge < -0.3 is 15.5 Å². The Morgan fingerprint density at radius 3 is 2.48 bits per heavy atom. The molecule has 1 amide bonds. The van der Waals surface area contributed by atoms with Crippen molar-refractivity contribution in [2.45, 2.75) is 4.90 Å². The van der Waals surface area contributed by atoms with Gasteiger partial charge in [0.2, 0.25) is 16.0 Å². The van der Waals surface area contributed by atoms with Crippen molar-refractivity contribution in [1.29, 1.82) is 0 Å². The smallest absolute Gasteiger partial charge is 0.253 e. The Hall–Kier alpha value is -3.22. The van der Waals surface area contributed by atoms with E-state index in [1.165, 1.54) is 18.2 Å². The Bertz CT molecular complexity index is 1270. The zero-order chi connectivity index (χ0) is 23.4. The van der Waals surface area contributed by atoms with Crippen molar-refractivity contribution in [2.75, 3.05) is 35.2 Å². The largest absolute Gasteiger partial charge is 0.338 e. The Morgan fingerprint density at radius 2 is 1.79 bits per heavy atom. The molecule has 1 saturated heterocycles. The zero-order valence-electron chi connectivity index (χ0n) is 17.4. The topological polar surface area (TPSA) is 130 Å². The monoisotopic (exact) mass is 488 g/mol. The highest BCUT2D eigenvalue weighted by atomic mass is 32.2. The lowest BCUT2D eigenvalue weighted by molar-refractivity contribution is 0.0772. The van der Waals surface area contributed by atoms with Crippen LogP contribution in [0, 0.1) is 5.82 Å². The highest BCUT2D eigenvalue weighted by Gasteiger charge is 2.18. The van der Waals surface area contributed by atoms with E-state index < -0.39 is 15.8 Å². The summed E-state index contributed by atoms with van der Waals surface area (Å²) < 4.78 is 37.4. The number of rotatable bonds is 6. The van der Waals surface area contributed by atoms with Gasteiger partial charge >= 0.3 is 0 Å². The number of halogens is 1. The molecular formula is C21H21FN6O3S2. The number of anilines is 4. The Kier molecular flexibility index (Phi) is 6.77. The third-order valence-corrected chi connectivity index (χ3v) is 6.71. The fraction of sp³-hybridized carbons (Fsp3) is 0.190. The molecule has 0 saturated carbocycles. The van der Waals surface area contributed by atoms with Crippen molar-refractivity contribution in [1.82, 2.24) is 14.9 Å². The van der Waals surface area contributed by atoms with Crippen molar-refractivity contribution >= 4 is 50.8 Å². The van der Waals surface area contributed by atoms with Crippen LogP contribution in [-0.4, -0.2) is 53.8 Å². The number of sulfonamides is 1. The number of nitrogens with zero attached hydrogens (tertiary/aromatic N) is 3. The van der Waals surface area contributed by atoms with E-state index in [1.54, 1.807) is 30.3 Å². The maximum Gasteiger partial charge on any atom is 0.253 e. The molecule has 1 aromatic heterocycles. The van der Waals surface area contributed by atoms with E-state index in [4.69, 9.17) is 5.14 Å². The quantitative estimate of drug-likeness (QED) is 0.483. The first-order valence-electron chi connectivity index (χ1n) is 9.96. The van der Waals surface area contributed by atoms with Gasteiger partial charge in [0, 0.05) is 41.5 Å². The number of hydrogen-bond acceptors (Lipinski definition) is 8. The molecular weight excluding hydrogens is 467 g/mol. The highest BCUT2D eigenvalue weighted by Crippen LogP contribution is 2.22. The normalized spacial score (nSPS) is 14.1. The molecule has 172 valence electrons. The molecule has 33 heavy (non-hydrogen) atoms. The third-order valence-electron chi connectivity index (χ3n) is 4.86. The molecule has 12 heteroatoms. The molecule has 0 radical (unpaired) electrons. The molecule has 0 spiro atoms. The number of carbonyl (C=O) groups excluding carboxylic acids is 1. The molecule has 0 atom stereocenters. The predicted octanol–water partition coefficient (Wildman–Crippen LogP) is 2.94. The van der Waals surface area contributed by atoms with Gasteiger partial charge in [-0.1, -0.05) is 6.07 Å². The first-order valence-corrected chi connectivity index (χ1v) is 12.7. The lowest BCUT2D eigenvalue weighted by Gasteiger charge is -2.26. The van der Waals surface area contributed by atoms with Gasteiger partial charge in [0.15, 0.2) is 11.6 Å². The molecule has 0 aliphatic carbocycles. The summed E-state index contributed by atoms with van der Waals surface area (Å²) in [5.74, 6) is 1.14. The summed E-state index contributed by atoms with van der Waals surface area (Å²) in [6, 6.07) is 12.5. The van der Waals surface area contributed by atoms with Crippen molar-refractivity contribution in [3.8, 4) is 0 Å². The van der Waals surface area contributed by atoms with Gasteiger partial charge in [-0.2, -0.15) is 16.7 Å². The second-order valence-corrected chi connectivity index (χ2v) is 9.98. The number of amides is 1. The molecule has 4 rings (SSSR count). The number of benzene rings is 2. The molecule has 9 nitrogen and oxygen atoms in total. The van der Waals surface area contributed by atoms with Gasteiger partial charge in [-0.25, -0.2) is 22.9 Å². The minimum absolute atomic E-state index is 0.0247. The van der Waals surface area contributed by atoms with E-state index in [-0.39, 0.29) is 22.6 Å². The van der Waals surface area contributed by atoms with Crippen LogP contribution in [0.3, 0.4) is 0 Å². The first-order chi connectivity index (χ1) is 15.8. The van der Waals surface area contributed by atoms with E-state index in [1.807, 2.05) is 16.7 Å². The Morgan fingerprint density at radius 1 is 1.06 bits per heavy atom. The predicted molar refractivity (Wildman–Crippen MR) is 126 cm³/mol. The van der Waals surface area contributed by atoms with Gasteiger partial charge in [0.05, 0.1) is 11.1 Å². The van der Waals surface area contributed by atoms with Crippen LogP contribution in [0.1, 0.15) is 10.4 Å². The maximum atomic E-state index is 14.3. The van der Waals surface area contributed by atoms with Crippen molar-refractivity contribution < 1.29 is 17.6 Å². The summed E-state index contributed by atoms with van der Waals surface area (Å²) >= 11 is 1.83. The van der Waals surface area contributed by atoms with Crippen LogP contribution >= 0.6 is 11.8 Å². The molecule has 1 aliphatic rings. The maximum absolute atomic E-state index is 14.3. The third kappa shape index (κ3) is 5.78. The van der Waals surface area contributed by atoms with Gasteiger partial charge in [-0.05, 0) is 42.5 Å². The molecule has 2 aromatic carbocycles. The minimum Gasteiger partial charge on any atom is -0.338 e. The van der Waals surface area contributed by atoms with Gasteiger partial charge in [-0.15, -0.1) is 0 Å². The second-order valence-electron chi connectivity index (χ2n) is 7.19. The van der Waals surface area contributed by atoms with E-state index in [9.17, 15) is 17.6 Å². The molecule has 0 bridgehead atoms. The van der Waals surface area contributed by atoms with E-state index in [0.717, 1.165) is 30.8 Å². The molecule has 3 aromatic rings. The number of primary sulfonamides is 1. The fourth-order valence-electron chi connectivity index (χ4n) is 3.18. The number of nitrogens with one attached hydrogen (secondary N) is 2. The standard InChI is InChI=1S/C21H21FN6O3S2/c22-18-13-24-21(26-16-2-1-3-17(12-16)33(23,30)31)27-19(18)25-15-6-4-14(5-7-15)20(29)28-8-10-32-11-9-28/h1-7,12-13H,8-11H2,(H2,23,30,31)(H2,24,25,26,27). The summed E-state index contributed by atoms with van der Waals surface area (Å²) in [6.07, 6.45) is 0.994. The SMILES string of the molecule is NS(=O)(=O)c1cccc(Nc2ncc(F)c(Nc3ccc(C(=O)N4CCSCC4)cc3)n2)c1. The lowest BCUT2D eigenvalue weighted by Crippen LogP contribution is -2.37. The fourth-order valence-corrected chi connectivity index (χ4v) is 4.64. The van der Waals surface area contributed by atoms with Crippen LogP contribution in [0.15, 0.2) is 59.6 Å². The van der Waals surface area contributed by atoms with Crippen LogP contribution in [0.4, 0.5) is 27.5 Å². The number of carbonyl (C=O) groups is 1. The summed E-state index contributed by atoms with van der Waals surface area (Å²) in [4.78, 5) is 22.3. The van der Waals surface area contributed by atoms with Crippen LogP contribution in [0.5, 0.6) is 0 Å². The van der Waals surface area contributed by atoms with Gasteiger partial charge in [-0.3, -0.25) is 4.79 Å². The average Bonchev–Trinajstić information content (AvgIpc) is 2.81. The summed E-state index contributed by atoms with van der Waals surface area (Å²) in [7, 11) is -3.87. The summed E-state index contributed by atoms with van der Waals surface area (Å²) in [6.45, 7) is 1.46. The van der Waals surface area contributed by atoms with Crippen molar-refractivity contribution in [2.24, 2.45) is 5.14 Å². The zero-order valence-corrected chi connectivity index (χ0v) is 19.0. The Balaban J connectivity index is 1.48. The number of aromatic nitrogens is 2. The van der Waals surface area contributed by atoms with Crippen LogP contribution in [0.25, 0.3) is 0 Å². The molecule has 1 fully saturated rings. The van der Waals surface area contributed by atoms with Crippen molar-refractivity contribution in [3.05, 3.63) is 66.1 Å². The number of nitrogens with two attached hydrogens (primary N) is 1. The summed E-state index contributed by atoms with van der Waals surface area (Å²) in [5, 5.41) is 10.8.